The van der Waals surface area contributed by atoms with E-state index in [1.165, 1.54) is 19.1 Å². The Morgan fingerprint density at radius 1 is 0.893 bits per heavy atom. The molecule has 0 saturated carbocycles. The zero-order chi connectivity index (χ0) is 20.4. The quantitative estimate of drug-likeness (QED) is 0.603. The molecule has 148 valence electrons. The molecule has 0 heterocycles. The van der Waals surface area contributed by atoms with Gasteiger partial charge < -0.3 is 20.7 Å². The molecule has 0 unspecified atom stereocenters. The van der Waals surface area contributed by atoms with Crippen LogP contribution in [0.1, 0.15) is 18.1 Å². The Morgan fingerprint density at radius 2 is 1.50 bits per heavy atom. The van der Waals surface area contributed by atoms with Crippen LogP contribution in [0, 0.1) is 5.82 Å². The van der Waals surface area contributed by atoms with Crippen molar-refractivity contribution in [3.05, 3.63) is 71.5 Å². The molecular weight excluding hydrogens is 365 g/mol. The van der Waals surface area contributed by atoms with E-state index in [1.54, 1.807) is 12.1 Å². The summed E-state index contributed by atoms with van der Waals surface area (Å²) in [6, 6.07) is 14.5. The van der Waals surface area contributed by atoms with Crippen LogP contribution in [0.5, 0.6) is 0 Å². The van der Waals surface area contributed by atoms with Crippen molar-refractivity contribution in [1.82, 2.24) is 16.0 Å². The average Bonchev–Trinajstić information content (AvgIpc) is 2.70. The molecule has 0 bridgehead atoms. The van der Waals surface area contributed by atoms with Gasteiger partial charge in [0.25, 0.3) is 5.91 Å². The Balaban J connectivity index is 1.64. The van der Waals surface area contributed by atoms with E-state index in [0.29, 0.717) is 12.1 Å². The van der Waals surface area contributed by atoms with Gasteiger partial charge in [0.15, 0.2) is 6.10 Å². The van der Waals surface area contributed by atoms with Crippen molar-refractivity contribution in [2.75, 3.05) is 6.54 Å². The van der Waals surface area contributed by atoms with Crippen molar-refractivity contribution >= 4 is 17.9 Å². The van der Waals surface area contributed by atoms with E-state index in [2.05, 4.69) is 16.0 Å². The Labute approximate surface area is 162 Å². The lowest BCUT2D eigenvalue weighted by Gasteiger charge is -2.14. The minimum atomic E-state index is -1.03. The Bertz CT molecular complexity index is 797. The first-order valence-corrected chi connectivity index (χ1v) is 8.71. The van der Waals surface area contributed by atoms with Gasteiger partial charge in [0, 0.05) is 13.1 Å². The maximum Gasteiger partial charge on any atom is 0.326 e. The predicted molar refractivity (Wildman–Crippen MR) is 100 cm³/mol. The molecule has 0 aliphatic carbocycles. The number of nitrogens with one attached hydrogen (secondary N) is 3. The summed E-state index contributed by atoms with van der Waals surface area (Å²) in [6.45, 7) is 1.56. The van der Waals surface area contributed by atoms with Gasteiger partial charge in [-0.3, -0.25) is 9.59 Å². The van der Waals surface area contributed by atoms with Crippen LogP contribution in [0.15, 0.2) is 54.6 Å². The summed E-state index contributed by atoms with van der Waals surface area (Å²) >= 11 is 0. The van der Waals surface area contributed by atoms with Crippen LogP contribution in [0.2, 0.25) is 0 Å². The van der Waals surface area contributed by atoms with Gasteiger partial charge in [0.05, 0.1) is 0 Å². The van der Waals surface area contributed by atoms with Gasteiger partial charge >= 0.3 is 12.0 Å². The van der Waals surface area contributed by atoms with Gasteiger partial charge in [-0.2, -0.15) is 0 Å². The molecule has 0 aromatic heterocycles. The van der Waals surface area contributed by atoms with E-state index in [9.17, 15) is 18.8 Å². The highest BCUT2D eigenvalue weighted by Gasteiger charge is 2.17. The SMILES string of the molecule is C[C@H](OC(=O)CNC(=O)NCc1ccccc1)C(=O)NCc1ccc(F)cc1. The smallest absolute Gasteiger partial charge is 0.326 e. The Hall–Kier alpha value is -3.42. The lowest BCUT2D eigenvalue weighted by Crippen LogP contribution is -2.41. The van der Waals surface area contributed by atoms with E-state index in [0.717, 1.165) is 5.56 Å². The summed E-state index contributed by atoms with van der Waals surface area (Å²) in [6.07, 6.45) is -1.03. The van der Waals surface area contributed by atoms with E-state index < -0.39 is 24.0 Å². The molecule has 2 aromatic carbocycles. The number of carbonyl (C=O) groups is 3. The van der Waals surface area contributed by atoms with Crippen LogP contribution < -0.4 is 16.0 Å². The molecule has 3 N–H and O–H groups in total. The van der Waals surface area contributed by atoms with Crippen LogP contribution in [-0.2, 0) is 27.4 Å². The van der Waals surface area contributed by atoms with Crippen LogP contribution in [-0.4, -0.2) is 30.6 Å². The Kier molecular flexibility index (Phi) is 7.95. The summed E-state index contributed by atoms with van der Waals surface area (Å²) in [5.41, 5.74) is 1.64. The topological polar surface area (TPSA) is 96.5 Å². The number of benzene rings is 2. The molecule has 0 spiro atoms. The molecule has 28 heavy (non-hydrogen) atoms. The van der Waals surface area contributed by atoms with Gasteiger partial charge in [0.1, 0.15) is 12.4 Å². The fourth-order valence-electron chi connectivity index (χ4n) is 2.22. The standard InChI is InChI=1S/C20H22FN3O4/c1-14(19(26)22-11-16-7-9-17(21)10-8-16)28-18(25)13-24-20(27)23-12-15-5-3-2-4-6-15/h2-10,14H,11-13H2,1H3,(H,22,26)(H2,23,24,27)/t14-/m0/s1. The average molecular weight is 387 g/mol. The number of amides is 3. The number of rotatable bonds is 8. The third kappa shape index (κ3) is 7.45. The molecule has 8 heteroatoms. The highest BCUT2D eigenvalue weighted by Crippen LogP contribution is 2.02. The first kappa shape index (κ1) is 20.9. The predicted octanol–water partition coefficient (Wildman–Crippen LogP) is 1.87. The molecule has 0 fully saturated rings. The number of esters is 1. The van der Waals surface area contributed by atoms with Crippen LogP contribution in [0.3, 0.4) is 0 Å². The number of hydrogen-bond acceptors (Lipinski definition) is 4. The van der Waals surface area contributed by atoms with Crippen molar-refractivity contribution in [1.29, 1.82) is 0 Å². The maximum atomic E-state index is 12.8. The van der Waals surface area contributed by atoms with Crippen molar-refractivity contribution < 1.29 is 23.5 Å². The fourth-order valence-corrected chi connectivity index (χ4v) is 2.22. The normalized spacial score (nSPS) is 11.2. The summed E-state index contributed by atoms with van der Waals surface area (Å²) in [5.74, 6) is -1.59. The van der Waals surface area contributed by atoms with Crippen molar-refractivity contribution in [3.8, 4) is 0 Å². The highest BCUT2D eigenvalue weighted by atomic mass is 19.1. The van der Waals surface area contributed by atoms with Crippen molar-refractivity contribution in [3.63, 3.8) is 0 Å². The Morgan fingerprint density at radius 3 is 2.18 bits per heavy atom. The van der Waals surface area contributed by atoms with Gasteiger partial charge in [-0.25, -0.2) is 9.18 Å². The largest absolute Gasteiger partial charge is 0.451 e. The number of carbonyl (C=O) groups excluding carboxylic acids is 3. The molecule has 2 rings (SSSR count). The second-order valence-corrected chi connectivity index (χ2v) is 6.00. The monoisotopic (exact) mass is 387 g/mol. The van der Waals surface area contributed by atoms with Gasteiger partial charge in [-0.1, -0.05) is 42.5 Å². The first-order valence-electron chi connectivity index (χ1n) is 8.71. The fraction of sp³-hybridized carbons (Fsp3) is 0.250. The van der Waals surface area contributed by atoms with Crippen molar-refractivity contribution in [2.45, 2.75) is 26.1 Å². The van der Waals surface area contributed by atoms with E-state index in [4.69, 9.17) is 4.74 Å². The number of ether oxygens (including phenoxy) is 1. The van der Waals surface area contributed by atoms with E-state index in [1.807, 2.05) is 30.3 Å². The molecule has 1 atom stereocenters. The third-order valence-corrected chi connectivity index (χ3v) is 3.75. The molecule has 0 aliphatic heterocycles. The second-order valence-electron chi connectivity index (χ2n) is 6.00. The molecule has 0 radical (unpaired) electrons. The lowest BCUT2D eigenvalue weighted by molar-refractivity contribution is -0.153. The second kappa shape index (κ2) is 10.7. The summed E-state index contributed by atoms with van der Waals surface area (Å²) in [4.78, 5) is 35.4. The summed E-state index contributed by atoms with van der Waals surface area (Å²) in [5, 5.41) is 7.57. The van der Waals surface area contributed by atoms with E-state index >= 15 is 0 Å². The number of hydrogen-bond donors (Lipinski definition) is 3. The van der Waals surface area contributed by atoms with Gasteiger partial charge in [-0.15, -0.1) is 0 Å². The summed E-state index contributed by atoms with van der Waals surface area (Å²) < 4.78 is 17.8. The van der Waals surface area contributed by atoms with Crippen LogP contribution >= 0.6 is 0 Å². The zero-order valence-electron chi connectivity index (χ0n) is 15.4. The zero-order valence-corrected chi connectivity index (χ0v) is 15.4. The molecule has 7 nitrogen and oxygen atoms in total. The minimum Gasteiger partial charge on any atom is -0.451 e. The van der Waals surface area contributed by atoms with Crippen LogP contribution in [0.4, 0.5) is 9.18 Å². The molecular formula is C20H22FN3O4. The highest BCUT2D eigenvalue weighted by molar-refractivity contribution is 5.85. The van der Waals surface area contributed by atoms with Gasteiger partial charge in [-0.05, 0) is 30.2 Å². The lowest BCUT2D eigenvalue weighted by atomic mass is 10.2. The molecule has 0 aliphatic rings. The minimum absolute atomic E-state index is 0.182. The van der Waals surface area contributed by atoms with Crippen molar-refractivity contribution in [2.24, 2.45) is 0 Å². The number of urea groups is 1. The molecule has 0 saturated heterocycles. The van der Waals surface area contributed by atoms with Gasteiger partial charge in [0.2, 0.25) is 0 Å². The van der Waals surface area contributed by atoms with E-state index in [-0.39, 0.29) is 18.9 Å². The maximum absolute atomic E-state index is 12.8. The number of halogens is 1. The first-order chi connectivity index (χ1) is 13.4. The molecule has 3 amide bonds. The van der Waals surface area contributed by atoms with Crippen LogP contribution in [0.25, 0.3) is 0 Å². The molecule has 2 aromatic rings. The summed E-state index contributed by atoms with van der Waals surface area (Å²) in [7, 11) is 0. The third-order valence-electron chi connectivity index (χ3n) is 3.75.